The summed E-state index contributed by atoms with van der Waals surface area (Å²) >= 11 is 0. The van der Waals surface area contributed by atoms with Crippen molar-refractivity contribution >= 4 is 23.7 Å². The molecule has 1 fully saturated rings. The lowest BCUT2D eigenvalue weighted by Crippen LogP contribution is -2.37. The second kappa shape index (κ2) is 10.7. The molecule has 4 aromatic rings. The maximum Gasteiger partial charge on any atom is 0.410 e. The van der Waals surface area contributed by atoms with Gasteiger partial charge in [0.1, 0.15) is 18.2 Å². The van der Waals surface area contributed by atoms with Gasteiger partial charge in [0.2, 0.25) is 5.95 Å². The molecular formula is C29H30FN7O2. The van der Waals surface area contributed by atoms with Crippen LogP contribution in [0.15, 0.2) is 60.7 Å². The summed E-state index contributed by atoms with van der Waals surface area (Å²) in [6.07, 6.45) is 2.55. The molecule has 1 aliphatic carbocycles. The Labute approximate surface area is 225 Å². The molecule has 39 heavy (non-hydrogen) atoms. The second-order valence-corrected chi connectivity index (χ2v) is 10.1. The van der Waals surface area contributed by atoms with E-state index in [4.69, 9.17) is 14.7 Å². The molecule has 2 aliphatic rings. The Morgan fingerprint density at radius 2 is 1.95 bits per heavy atom. The molecule has 1 saturated carbocycles. The number of hydrogen-bond donors (Lipinski definition) is 3. The monoisotopic (exact) mass is 527 g/mol. The topological polar surface area (TPSA) is 108 Å². The predicted molar refractivity (Wildman–Crippen MR) is 145 cm³/mol. The number of hydrogen-bond acceptors (Lipinski definition) is 7. The van der Waals surface area contributed by atoms with Crippen LogP contribution in [-0.2, 0) is 24.3 Å². The molecular weight excluding hydrogens is 497 g/mol. The molecule has 0 radical (unpaired) electrons. The average molecular weight is 528 g/mol. The molecule has 3 N–H and O–H groups in total. The average Bonchev–Trinajstić information content (AvgIpc) is 3.70. The van der Waals surface area contributed by atoms with Crippen LogP contribution < -0.4 is 10.6 Å². The molecule has 1 atom stereocenters. The van der Waals surface area contributed by atoms with Crippen molar-refractivity contribution in [3.8, 4) is 0 Å². The Morgan fingerprint density at radius 3 is 2.72 bits per heavy atom. The summed E-state index contributed by atoms with van der Waals surface area (Å²) in [7, 11) is 0. The van der Waals surface area contributed by atoms with Gasteiger partial charge in [-0.1, -0.05) is 42.5 Å². The van der Waals surface area contributed by atoms with Crippen LogP contribution in [0.25, 0.3) is 0 Å². The molecule has 10 heteroatoms. The molecule has 1 amide bonds. The van der Waals surface area contributed by atoms with Crippen molar-refractivity contribution in [2.24, 2.45) is 0 Å². The van der Waals surface area contributed by atoms with Crippen LogP contribution in [0.5, 0.6) is 0 Å². The SMILES string of the molecule is C[C@H](Nc1nc2c(c(Nc3cc(C4CC4)[nH]n3)n1)CCN(C(=O)OCc1ccccc1)C2)c1ccc(F)cc1. The summed E-state index contributed by atoms with van der Waals surface area (Å²) in [5, 5.41) is 14.2. The third-order valence-corrected chi connectivity index (χ3v) is 7.11. The van der Waals surface area contributed by atoms with Gasteiger partial charge in [-0.15, -0.1) is 0 Å². The molecule has 2 aromatic heterocycles. The molecule has 0 spiro atoms. The van der Waals surface area contributed by atoms with Gasteiger partial charge < -0.3 is 20.3 Å². The summed E-state index contributed by atoms with van der Waals surface area (Å²) in [4.78, 5) is 24.1. The molecule has 9 nitrogen and oxygen atoms in total. The molecule has 6 rings (SSSR count). The summed E-state index contributed by atoms with van der Waals surface area (Å²) in [5.74, 6) is 2.02. The fourth-order valence-electron chi connectivity index (χ4n) is 4.72. The van der Waals surface area contributed by atoms with E-state index in [0.717, 1.165) is 28.1 Å². The van der Waals surface area contributed by atoms with Crippen LogP contribution in [0.3, 0.4) is 0 Å². The van der Waals surface area contributed by atoms with Crippen molar-refractivity contribution in [2.45, 2.75) is 51.3 Å². The van der Waals surface area contributed by atoms with Gasteiger partial charge in [-0.3, -0.25) is 5.10 Å². The Morgan fingerprint density at radius 1 is 1.15 bits per heavy atom. The highest BCUT2D eigenvalue weighted by Gasteiger charge is 2.28. The first kappa shape index (κ1) is 24.8. The number of benzene rings is 2. The van der Waals surface area contributed by atoms with E-state index in [-0.39, 0.29) is 24.6 Å². The summed E-state index contributed by atoms with van der Waals surface area (Å²) in [6, 6.07) is 17.8. The predicted octanol–water partition coefficient (Wildman–Crippen LogP) is 5.83. The maximum absolute atomic E-state index is 13.4. The van der Waals surface area contributed by atoms with Gasteiger partial charge in [0, 0.05) is 29.8 Å². The molecule has 200 valence electrons. The van der Waals surface area contributed by atoms with Crippen molar-refractivity contribution in [3.05, 3.63) is 94.6 Å². The largest absolute Gasteiger partial charge is 0.445 e. The van der Waals surface area contributed by atoms with Gasteiger partial charge in [0.15, 0.2) is 5.82 Å². The quantitative estimate of drug-likeness (QED) is 0.265. The number of halogens is 1. The molecule has 0 saturated heterocycles. The second-order valence-electron chi connectivity index (χ2n) is 10.1. The highest BCUT2D eigenvalue weighted by Crippen LogP contribution is 2.40. The van der Waals surface area contributed by atoms with Crippen LogP contribution in [0.4, 0.5) is 26.8 Å². The van der Waals surface area contributed by atoms with Crippen molar-refractivity contribution in [3.63, 3.8) is 0 Å². The number of carbonyl (C=O) groups is 1. The number of anilines is 3. The number of amides is 1. The van der Waals surface area contributed by atoms with Gasteiger partial charge in [0.05, 0.1) is 18.3 Å². The van der Waals surface area contributed by atoms with Crippen molar-refractivity contribution in [2.75, 3.05) is 17.2 Å². The zero-order chi connectivity index (χ0) is 26.8. The number of aromatic nitrogens is 4. The number of ether oxygens (including phenoxy) is 1. The number of nitrogens with one attached hydrogen (secondary N) is 3. The van der Waals surface area contributed by atoms with E-state index in [0.29, 0.717) is 43.0 Å². The lowest BCUT2D eigenvalue weighted by molar-refractivity contribution is 0.0913. The van der Waals surface area contributed by atoms with E-state index < -0.39 is 0 Å². The van der Waals surface area contributed by atoms with Crippen LogP contribution >= 0.6 is 0 Å². The minimum absolute atomic E-state index is 0.168. The Balaban J connectivity index is 1.23. The minimum Gasteiger partial charge on any atom is -0.445 e. The number of nitrogens with zero attached hydrogens (tertiary/aromatic N) is 4. The lowest BCUT2D eigenvalue weighted by atomic mass is 10.1. The van der Waals surface area contributed by atoms with Gasteiger partial charge in [0.25, 0.3) is 0 Å². The van der Waals surface area contributed by atoms with E-state index in [9.17, 15) is 9.18 Å². The van der Waals surface area contributed by atoms with Crippen molar-refractivity contribution < 1.29 is 13.9 Å². The van der Waals surface area contributed by atoms with Crippen LogP contribution in [0.1, 0.15) is 59.8 Å². The summed E-state index contributed by atoms with van der Waals surface area (Å²) in [5.41, 5.74) is 4.64. The van der Waals surface area contributed by atoms with E-state index >= 15 is 0 Å². The number of fused-ring (bicyclic) bond motifs is 1. The number of carbonyl (C=O) groups excluding carboxylic acids is 1. The molecule has 0 bridgehead atoms. The third-order valence-electron chi connectivity index (χ3n) is 7.11. The first-order valence-electron chi connectivity index (χ1n) is 13.2. The third kappa shape index (κ3) is 5.84. The maximum atomic E-state index is 13.4. The van der Waals surface area contributed by atoms with Crippen molar-refractivity contribution in [1.82, 2.24) is 25.1 Å². The Hall–Kier alpha value is -4.47. The number of H-pyrrole nitrogens is 1. The highest BCUT2D eigenvalue weighted by atomic mass is 19.1. The zero-order valence-electron chi connectivity index (χ0n) is 21.7. The fraction of sp³-hybridized carbons (Fsp3) is 0.310. The first-order chi connectivity index (χ1) is 19.0. The minimum atomic E-state index is -0.381. The Bertz CT molecular complexity index is 1450. The van der Waals surface area contributed by atoms with E-state index in [2.05, 4.69) is 20.8 Å². The van der Waals surface area contributed by atoms with E-state index in [1.54, 1.807) is 17.0 Å². The Kier molecular flexibility index (Phi) is 6.83. The molecule has 0 unspecified atom stereocenters. The van der Waals surface area contributed by atoms with Gasteiger partial charge >= 0.3 is 6.09 Å². The fourth-order valence-corrected chi connectivity index (χ4v) is 4.72. The summed E-state index contributed by atoms with van der Waals surface area (Å²) in [6.45, 7) is 2.97. The van der Waals surface area contributed by atoms with Crippen molar-refractivity contribution in [1.29, 1.82) is 0 Å². The molecule has 1 aliphatic heterocycles. The number of aromatic amines is 1. The molecule has 3 heterocycles. The van der Waals surface area contributed by atoms with E-state index in [1.807, 2.05) is 43.3 Å². The smallest absolute Gasteiger partial charge is 0.410 e. The van der Waals surface area contributed by atoms with Crippen LogP contribution in [0, 0.1) is 5.82 Å². The first-order valence-corrected chi connectivity index (χ1v) is 13.2. The summed E-state index contributed by atoms with van der Waals surface area (Å²) < 4.78 is 19.0. The van der Waals surface area contributed by atoms with Crippen LogP contribution in [0.2, 0.25) is 0 Å². The van der Waals surface area contributed by atoms with Crippen LogP contribution in [-0.4, -0.2) is 37.7 Å². The highest BCUT2D eigenvalue weighted by molar-refractivity contribution is 5.69. The van der Waals surface area contributed by atoms with Gasteiger partial charge in [-0.05, 0) is 49.4 Å². The standard InChI is InChI=1S/C29H30FN7O2/c1-18(20-9-11-22(30)12-10-20)31-28-32-25-16-37(29(38)39-17-19-5-3-2-4-6-19)14-13-23(25)27(34-28)33-26-15-24(35-36-26)21-7-8-21/h2-6,9-12,15,18,21H,7-8,13-14,16-17H2,1H3,(H3,31,32,33,34,35,36)/t18-/m0/s1. The lowest BCUT2D eigenvalue weighted by Gasteiger charge is -2.29. The normalized spacial score (nSPS) is 15.4. The molecule has 2 aromatic carbocycles. The van der Waals surface area contributed by atoms with Gasteiger partial charge in [-0.2, -0.15) is 10.1 Å². The van der Waals surface area contributed by atoms with E-state index in [1.165, 1.54) is 25.0 Å². The zero-order valence-corrected chi connectivity index (χ0v) is 21.7. The van der Waals surface area contributed by atoms with Gasteiger partial charge in [-0.25, -0.2) is 14.2 Å². The number of rotatable bonds is 8.